The highest BCUT2D eigenvalue weighted by Gasteiger charge is 2.16. The molecule has 98 valence electrons. The average Bonchev–Trinajstić information content (AvgIpc) is 3.02. The van der Waals surface area contributed by atoms with Crippen molar-refractivity contribution < 1.29 is 4.74 Å². The maximum absolute atomic E-state index is 5.18. The predicted octanol–water partition coefficient (Wildman–Crippen LogP) is 3.77. The third-order valence-electron chi connectivity index (χ3n) is 2.78. The summed E-state index contributed by atoms with van der Waals surface area (Å²) in [7, 11) is 1.76. The van der Waals surface area contributed by atoms with Crippen LogP contribution in [0.1, 0.15) is 22.7 Å². The van der Waals surface area contributed by atoms with E-state index in [1.165, 1.54) is 9.75 Å². The largest absolute Gasteiger partial charge is 0.384 e. The van der Waals surface area contributed by atoms with Gasteiger partial charge in [0.2, 0.25) is 0 Å². The maximum Gasteiger partial charge on any atom is 0.0764 e. The minimum absolute atomic E-state index is 0.323. The van der Waals surface area contributed by atoms with Gasteiger partial charge in [-0.2, -0.15) is 0 Å². The molecule has 2 heterocycles. The summed E-state index contributed by atoms with van der Waals surface area (Å²) in [4.78, 5) is 2.75. The zero-order chi connectivity index (χ0) is 12.8. The summed E-state index contributed by atoms with van der Waals surface area (Å²) in [6, 6.07) is 8.94. The lowest BCUT2D eigenvalue weighted by molar-refractivity contribution is 0.157. The Balaban J connectivity index is 2.02. The van der Waals surface area contributed by atoms with Crippen molar-refractivity contribution in [2.24, 2.45) is 5.92 Å². The van der Waals surface area contributed by atoms with Gasteiger partial charge in [-0.25, -0.2) is 0 Å². The zero-order valence-electron chi connectivity index (χ0n) is 10.8. The summed E-state index contributed by atoms with van der Waals surface area (Å²) in [5, 5.41) is 7.92. The Hall–Kier alpha value is -0.680. The molecule has 0 spiro atoms. The van der Waals surface area contributed by atoms with Crippen LogP contribution < -0.4 is 5.32 Å². The summed E-state index contributed by atoms with van der Waals surface area (Å²) >= 11 is 3.61. The molecule has 0 bridgehead atoms. The molecule has 0 aliphatic carbocycles. The standard InChI is InChI=1S/C14H19NOS2/c1-11(10-16-2)9-15-14(12-5-3-7-17-12)13-6-4-8-18-13/h3-8,11,14-15H,9-10H2,1-2H3. The molecule has 0 amide bonds. The van der Waals surface area contributed by atoms with Crippen LogP contribution in [0.2, 0.25) is 0 Å². The van der Waals surface area contributed by atoms with Crippen molar-refractivity contribution >= 4 is 22.7 Å². The van der Waals surface area contributed by atoms with Crippen molar-refractivity contribution in [1.82, 2.24) is 5.32 Å². The van der Waals surface area contributed by atoms with E-state index in [2.05, 4.69) is 47.3 Å². The molecule has 2 nitrogen and oxygen atoms in total. The van der Waals surface area contributed by atoms with Crippen LogP contribution in [-0.4, -0.2) is 20.3 Å². The van der Waals surface area contributed by atoms with Gasteiger partial charge in [-0.15, -0.1) is 22.7 Å². The van der Waals surface area contributed by atoms with Gasteiger partial charge in [0, 0.05) is 30.0 Å². The van der Waals surface area contributed by atoms with E-state index in [0.29, 0.717) is 12.0 Å². The second kappa shape index (κ2) is 7.04. The summed E-state index contributed by atoms with van der Waals surface area (Å²) in [6.07, 6.45) is 0. The lowest BCUT2D eigenvalue weighted by Crippen LogP contribution is -2.27. The minimum Gasteiger partial charge on any atom is -0.384 e. The molecule has 2 aromatic heterocycles. The molecule has 0 radical (unpaired) electrons. The summed E-state index contributed by atoms with van der Waals surface area (Å²) in [6.45, 7) is 3.97. The monoisotopic (exact) mass is 281 g/mol. The van der Waals surface area contributed by atoms with Crippen molar-refractivity contribution in [3.63, 3.8) is 0 Å². The molecule has 2 aromatic rings. The smallest absolute Gasteiger partial charge is 0.0764 e. The van der Waals surface area contributed by atoms with Gasteiger partial charge in [-0.05, 0) is 28.8 Å². The molecule has 0 aliphatic heterocycles. The molecule has 0 aliphatic rings. The van der Waals surface area contributed by atoms with Gasteiger partial charge in [0.1, 0.15) is 0 Å². The average molecular weight is 281 g/mol. The van der Waals surface area contributed by atoms with Crippen LogP contribution in [0.25, 0.3) is 0 Å². The lowest BCUT2D eigenvalue weighted by atomic mass is 10.1. The molecule has 2 rings (SSSR count). The van der Waals surface area contributed by atoms with E-state index >= 15 is 0 Å². The molecule has 18 heavy (non-hydrogen) atoms. The second-order valence-electron chi connectivity index (χ2n) is 4.43. The first-order valence-corrected chi connectivity index (χ1v) is 7.86. The minimum atomic E-state index is 0.323. The fourth-order valence-electron chi connectivity index (χ4n) is 1.91. The van der Waals surface area contributed by atoms with E-state index in [0.717, 1.165) is 13.2 Å². The number of rotatable bonds is 7. The van der Waals surface area contributed by atoms with E-state index in [1.54, 1.807) is 7.11 Å². The van der Waals surface area contributed by atoms with Crippen LogP contribution in [-0.2, 0) is 4.74 Å². The maximum atomic E-state index is 5.18. The Morgan fingerprint density at radius 2 is 1.78 bits per heavy atom. The first kappa shape index (κ1) is 13.7. The second-order valence-corrected chi connectivity index (χ2v) is 6.39. The van der Waals surface area contributed by atoms with Crippen molar-refractivity contribution in [3.05, 3.63) is 44.8 Å². The Bertz CT molecular complexity index is 390. The van der Waals surface area contributed by atoms with Gasteiger partial charge in [0.25, 0.3) is 0 Å². The fraction of sp³-hybridized carbons (Fsp3) is 0.429. The molecular formula is C14H19NOS2. The normalized spacial score (nSPS) is 13.1. The quantitative estimate of drug-likeness (QED) is 0.834. The molecule has 1 unspecified atom stereocenters. The van der Waals surface area contributed by atoms with Crippen molar-refractivity contribution in [2.75, 3.05) is 20.3 Å². The third-order valence-corrected chi connectivity index (χ3v) is 4.65. The van der Waals surface area contributed by atoms with E-state index in [1.807, 2.05) is 22.7 Å². The molecule has 0 fully saturated rings. The molecule has 0 aromatic carbocycles. The number of hydrogen-bond donors (Lipinski definition) is 1. The fourth-order valence-corrected chi connectivity index (χ4v) is 3.63. The van der Waals surface area contributed by atoms with Crippen LogP contribution in [0.3, 0.4) is 0 Å². The highest BCUT2D eigenvalue weighted by molar-refractivity contribution is 7.11. The van der Waals surface area contributed by atoms with Gasteiger partial charge >= 0.3 is 0 Å². The van der Waals surface area contributed by atoms with Crippen molar-refractivity contribution in [1.29, 1.82) is 0 Å². The Labute approximate surface area is 117 Å². The number of hydrogen-bond acceptors (Lipinski definition) is 4. The highest BCUT2D eigenvalue weighted by atomic mass is 32.1. The molecule has 1 N–H and O–H groups in total. The predicted molar refractivity (Wildman–Crippen MR) is 79.5 cm³/mol. The van der Waals surface area contributed by atoms with Crippen LogP contribution in [0, 0.1) is 5.92 Å². The number of thiophene rings is 2. The lowest BCUT2D eigenvalue weighted by Gasteiger charge is -2.19. The molecular weight excluding hydrogens is 262 g/mol. The Morgan fingerprint density at radius 3 is 2.22 bits per heavy atom. The van der Waals surface area contributed by atoms with Gasteiger partial charge in [-0.3, -0.25) is 0 Å². The van der Waals surface area contributed by atoms with Gasteiger partial charge in [0.05, 0.1) is 6.04 Å². The first-order chi connectivity index (χ1) is 8.81. The van der Waals surface area contributed by atoms with Gasteiger partial charge in [0.15, 0.2) is 0 Å². The third kappa shape index (κ3) is 3.65. The zero-order valence-corrected chi connectivity index (χ0v) is 12.4. The molecule has 0 saturated carbocycles. The van der Waals surface area contributed by atoms with E-state index in [4.69, 9.17) is 4.74 Å². The van der Waals surface area contributed by atoms with Crippen LogP contribution in [0.15, 0.2) is 35.0 Å². The van der Waals surface area contributed by atoms with Crippen LogP contribution in [0.4, 0.5) is 0 Å². The summed E-state index contributed by atoms with van der Waals surface area (Å²) in [5.74, 6) is 0.525. The molecule has 0 saturated heterocycles. The molecule has 4 heteroatoms. The summed E-state index contributed by atoms with van der Waals surface area (Å²) < 4.78 is 5.18. The van der Waals surface area contributed by atoms with Crippen molar-refractivity contribution in [3.8, 4) is 0 Å². The number of ether oxygens (including phenoxy) is 1. The molecule has 1 atom stereocenters. The van der Waals surface area contributed by atoms with E-state index < -0.39 is 0 Å². The van der Waals surface area contributed by atoms with E-state index in [9.17, 15) is 0 Å². The van der Waals surface area contributed by atoms with Crippen molar-refractivity contribution in [2.45, 2.75) is 13.0 Å². The van der Waals surface area contributed by atoms with Crippen LogP contribution in [0.5, 0.6) is 0 Å². The van der Waals surface area contributed by atoms with Crippen LogP contribution >= 0.6 is 22.7 Å². The topological polar surface area (TPSA) is 21.3 Å². The number of methoxy groups -OCH3 is 1. The highest BCUT2D eigenvalue weighted by Crippen LogP contribution is 2.29. The first-order valence-electron chi connectivity index (χ1n) is 6.10. The van der Waals surface area contributed by atoms with Gasteiger partial charge in [-0.1, -0.05) is 19.1 Å². The van der Waals surface area contributed by atoms with Gasteiger partial charge < -0.3 is 10.1 Å². The van der Waals surface area contributed by atoms with E-state index in [-0.39, 0.29) is 0 Å². The SMILES string of the molecule is COCC(C)CNC(c1cccs1)c1cccs1. The summed E-state index contributed by atoms with van der Waals surface area (Å²) in [5.41, 5.74) is 0. The Morgan fingerprint density at radius 1 is 1.17 bits per heavy atom. The Kier molecular flexibility index (Phi) is 5.38. The number of nitrogens with one attached hydrogen (secondary N) is 1.